The molecule has 0 aliphatic carbocycles. The second-order valence-electron chi connectivity index (χ2n) is 27.3. The molecule has 0 bridgehead atoms. The molecule has 0 amide bonds. The Hall–Kier alpha value is -11.6. The first-order valence-electron chi connectivity index (χ1n) is 37.1. The van der Waals surface area contributed by atoms with Gasteiger partial charge in [-0.15, -0.1) is 22.7 Å². The van der Waals surface area contributed by atoms with E-state index in [0.29, 0.717) is 0 Å². The first-order chi connectivity index (χ1) is 52.4. The van der Waals surface area contributed by atoms with E-state index in [1.807, 2.05) is 11.3 Å². The van der Waals surface area contributed by atoms with Crippen LogP contribution in [0.25, 0.3) is 116 Å². The third-order valence-electron chi connectivity index (χ3n) is 20.2. The molecule has 6 nitrogen and oxygen atoms in total. The number of anilines is 6. The Morgan fingerprint density at radius 1 is 0.349 bits per heavy atom. The second-order valence-corrected chi connectivity index (χ2v) is 29.9. The van der Waals surface area contributed by atoms with Gasteiger partial charge in [0.25, 0.3) is 0 Å². The van der Waals surface area contributed by atoms with Crippen molar-refractivity contribution in [2.45, 2.75) is 78.1 Å². The lowest BCUT2D eigenvalue weighted by atomic mass is 9.98. The smallest absolute Gasteiger partial charge is 0.160 e. The number of carbonyl (C=O) groups is 1. The van der Waals surface area contributed by atoms with Crippen LogP contribution < -0.4 is 9.80 Å². The Kier molecular flexibility index (Phi) is 20.9. The summed E-state index contributed by atoms with van der Waals surface area (Å²) in [7, 11) is 0. The van der Waals surface area contributed by atoms with Gasteiger partial charge in [0.1, 0.15) is 11.0 Å². The molecule has 0 N–H and O–H groups in total. The zero-order chi connectivity index (χ0) is 71.6. The van der Waals surface area contributed by atoms with Gasteiger partial charge in [0, 0.05) is 76.3 Å². The molecule has 4 heterocycles. The van der Waals surface area contributed by atoms with Crippen molar-refractivity contribution >= 4 is 132 Å². The van der Waals surface area contributed by atoms with Crippen LogP contribution >= 0.6 is 34.4 Å². The molecule has 106 heavy (non-hydrogen) atoms. The largest absolute Gasteiger partial charge is 0.311 e. The van der Waals surface area contributed by atoms with E-state index >= 15 is 0 Å². The van der Waals surface area contributed by atoms with Crippen molar-refractivity contribution in [2.75, 3.05) is 9.80 Å². The molecule has 4 aromatic heterocycles. The number of rotatable bonds is 27. The van der Waals surface area contributed by atoms with E-state index in [0.717, 1.165) is 159 Å². The Morgan fingerprint density at radius 2 is 0.717 bits per heavy atom. The van der Waals surface area contributed by atoms with Crippen molar-refractivity contribution in [3.05, 3.63) is 342 Å². The first-order valence-corrected chi connectivity index (χ1v) is 39.5. The van der Waals surface area contributed by atoms with Gasteiger partial charge in [-0.2, -0.15) is 8.75 Å². The molecule has 0 unspecified atom stereocenters. The average Bonchev–Trinajstić information content (AvgIpc) is 1.59. The maximum Gasteiger partial charge on any atom is 0.160 e. The predicted molar refractivity (Wildman–Crippen MR) is 456 cm³/mol. The molecule has 0 aliphatic heterocycles. The Labute approximate surface area is 634 Å². The molecule has 0 radical (unpaired) electrons. The maximum absolute atomic E-state index is 12.2. The Morgan fingerprint density at radius 3 is 1.12 bits per heavy atom. The van der Waals surface area contributed by atoms with Crippen LogP contribution in [0.5, 0.6) is 0 Å². The highest BCUT2D eigenvalue weighted by Gasteiger charge is 2.23. The van der Waals surface area contributed by atoms with Gasteiger partial charge in [-0.25, -0.2) is 0 Å². The lowest BCUT2D eigenvalue weighted by Gasteiger charge is -2.25. The fourth-order valence-corrected chi connectivity index (χ4v) is 17.6. The van der Waals surface area contributed by atoms with Gasteiger partial charge in [-0.05, 0) is 208 Å². The zero-order valence-corrected chi connectivity index (χ0v) is 62.1. The highest BCUT2D eigenvalue weighted by Crippen LogP contribution is 2.47. The number of thiophene rings is 2. The monoisotopic (exact) mass is 1430 g/mol. The van der Waals surface area contributed by atoms with Crippen molar-refractivity contribution in [1.82, 2.24) is 13.3 Å². The zero-order valence-electron chi connectivity index (χ0n) is 59.7. The molecular formula is C97H81N5OS3. The minimum atomic E-state index is 0.763. The highest BCUT2D eigenvalue weighted by molar-refractivity contribution is 7.19. The van der Waals surface area contributed by atoms with Crippen LogP contribution in [0.4, 0.5) is 34.1 Å². The second kappa shape index (κ2) is 32.2. The van der Waals surface area contributed by atoms with Gasteiger partial charge in [-0.1, -0.05) is 259 Å². The number of nitrogens with zero attached hydrogens (tertiary/aromatic N) is 5. The van der Waals surface area contributed by atoms with E-state index < -0.39 is 0 Å². The lowest BCUT2D eigenvalue weighted by Crippen LogP contribution is -2.09. The van der Waals surface area contributed by atoms with Crippen LogP contribution in [0.15, 0.2) is 303 Å². The summed E-state index contributed by atoms with van der Waals surface area (Å²) in [5.74, 6) is 0. The van der Waals surface area contributed by atoms with E-state index in [1.54, 1.807) is 11.3 Å². The maximum atomic E-state index is 12.2. The standard InChI is InChI=1S/C97H81N5OS3/c1-3-5-7-13-23-77-63-86(67-103)104-96(77)87-59-60-88(95-94(87)98-106-99-95)97-78(24-14-8-6-4-2)66-93(105-97)74-49-57-85(58-50-74)102-91-61-51-75(72-45-37-68(38-46-72)33-35-70-41-53-83(54-42-70)100(79-25-15-9-16-26-79)80-27-17-10-18-28-80)64-89(91)90-65-76(52-62-92(90)102)73-47-39-69(40-48-73)34-36-71-43-55-84(56-44-71)101(81-29-19-11-20-30-81)82-31-21-12-22-32-82/h9-12,15-22,25-67H,3-8,13-14,23-24H2,1-2H3/b35-33+,36-34+. The summed E-state index contributed by atoms with van der Waals surface area (Å²) in [6, 6.07) is 110. The number of para-hydroxylation sites is 4. The highest BCUT2D eigenvalue weighted by atomic mass is 32.1. The summed E-state index contributed by atoms with van der Waals surface area (Å²) in [5, 5.41) is 2.39. The van der Waals surface area contributed by atoms with Gasteiger partial charge < -0.3 is 14.4 Å². The molecule has 0 spiro atoms. The van der Waals surface area contributed by atoms with Gasteiger partial charge in [0.15, 0.2) is 6.29 Å². The number of hydrogen-bond acceptors (Lipinski definition) is 8. The van der Waals surface area contributed by atoms with E-state index in [1.165, 1.54) is 87.5 Å². The number of unbranched alkanes of at least 4 members (excludes halogenated alkanes) is 6. The number of aldehydes is 1. The molecule has 0 aliphatic rings. The predicted octanol–water partition coefficient (Wildman–Crippen LogP) is 28.6. The van der Waals surface area contributed by atoms with Crippen LogP contribution in [-0.4, -0.2) is 19.6 Å². The number of benzene rings is 12. The van der Waals surface area contributed by atoms with Crippen LogP contribution in [0, 0.1) is 0 Å². The molecule has 9 heteroatoms. The Balaban J connectivity index is 0.707. The third-order valence-corrected chi connectivity index (χ3v) is 23.1. The van der Waals surface area contributed by atoms with Crippen molar-refractivity contribution in [2.24, 2.45) is 0 Å². The summed E-state index contributed by atoms with van der Waals surface area (Å²) in [6.07, 6.45) is 21.2. The molecule has 0 fully saturated rings. The van der Waals surface area contributed by atoms with E-state index in [9.17, 15) is 4.79 Å². The van der Waals surface area contributed by atoms with Crippen molar-refractivity contribution in [3.63, 3.8) is 0 Å². The van der Waals surface area contributed by atoms with Crippen LogP contribution in [0.1, 0.15) is 108 Å². The fourth-order valence-electron chi connectivity index (χ4n) is 14.7. The lowest BCUT2D eigenvalue weighted by molar-refractivity contribution is 0.112. The number of aromatic nitrogens is 3. The minimum absolute atomic E-state index is 0.763. The summed E-state index contributed by atoms with van der Waals surface area (Å²) < 4.78 is 12.5. The molecule has 16 rings (SSSR count). The van der Waals surface area contributed by atoms with Crippen LogP contribution in [0.2, 0.25) is 0 Å². The summed E-state index contributed by atoms with van der Waals surface area (Å²) in [5.41, 5.74) is 27.1. The van der Waals surface area contributed by atoms with Crippen LogP contribution in [-0.2, 0) is 12.8 Å². The average molecular weight is 1430 g/mol. The van der Waals surface area contributed by atoms with E-state index in [-0.39, 0.29) is 0 Å². The topological polar surface area (TPSA) is 54.3 Å². The quantitative estimate of drug-likeness (QED) is 0.0292. The number of carbonyl (C=O) groups excluding carboxylic acids is 1. The normalized spacial score (nSPS) is 11.6. The molecule has 0 saturated carbocycles. The SMILES string of the molecule is CCCCCCc1cc(C=O)sc1-c1ccc(-c2sc(-c3ccc(-n4c5ccc(-c6ccc(/C=C/c7ccc(N(c8ccccc8)c8ccccc8)cc7)cc6)cc5c5cc(-c6ccc(/C=C/c7ccc(N(c8ccccc8)c8ccccc8)cc7)cc6)ccc54)cc3)cc2CCCCCC)c2nsnc12. The van der Waals surface area contributed by atoms with Gasteiger partial charge >= 0.3 is 0 Å². The van der Waals surface area contributed by atoms with Crippen molar-refractivity contribution < 1.29 is 4.79 Å². The third kappa shape index (κ3) is 14.9. The van der Waals surface area contributed by atoms with Gasteiger partial charge in [-0.3, -0.25) is 4.79 Å². The molecule has 0 saturated heterocycles. The minimum Gasteiger partial charge on any atom is -0.311 e. The Bertz CT molecular complexity index is 5400. The van der Waals surface area contributed by atoms with Gasteiger partial charge in [0.05, 0.1) is 27.6 Å². The molecule has 0 atom stereocenters. The molecule has 12 aromatic carbocycles. The molecule has 518 valence electrons. The fraction of sp³-hybridized carbons (Fsp3) is 0.124. The van der Waals surface area contributed by atoms with Crippen LogP contribution in [0.3, 0.4) is 0 Å². The number of hydrogen-bond donors (Lipinski definition) is 0. The van der Waals surface area contributed by atoms with Crippen molar-refractivity contribution in [3.8, 4) is 59.3 Å². The van der Waals surface area contributed by atoms with Crippen molar-refractivity contribution in [1.29, 1.82) is 0 Å². The number of fused-ring (bicyclic) bond motifs is 4. The summed E-state index contributed by atoms with van der Waals surface area (Å²) >= 11 is 4.73. The molecule has 16 aromatic rings. The summed E-state index contributed by atoms with van der Waals surface area (Å²) in [6.45, 7) is 4.53. The number of aryl methyl sites for hydroxylation is 2. The van der Waals surface area contributed by atoms with Gasteiger partial charge in [0.2, 0.25) is 0 Å². The molecular weight excluding hydrogens is 1350 g/mol. The van der Waals surface area contributed by atoms with E-state index in [2.05, 4.69) is 356 Å². The summed E-state index contributed by atoms with van der Waals surface area (Å²) in [4.78, 5) is 21.2. The van der Waals surface area contributed by atoms with E-state index in [4.69, 9.17) is 8.75 Å². The first kappa shape index (κ1) is 68.8.